The largest absolute Gasteiger partial charge is 0.493 e. The molecular weight excluding hydrogens is 297 g/mol. The first kappa shape index (κ1) is 14.6. The number of benzene rings is 1. The van der Waals surface area contributed by atoms with Gasteiger partial charge in [-0.05, 0) is 25.1 Å². The summed E-state index contributed by atoms with van der Waals surface area (Å²) in [6.07, 6.45) is 3.15. The molecule has 1 N–H and O–H groups in total. The van der Waals surface area contributed by atoms with E-state index in [1.165, 1.54) is 6.20 Å². The van der Waals surface area contributed by atoms with Crippen LogP contribution < -0.4 is 10.2 Å². The number of hydrazone groups is 1. The molecule has 104 valence electrons. The van der Waals surface area contributed by atoms with Crippen LogP contribution in [0.3, 0.4) is 0 Å². The molecular formula is C14H13Cl2N3O. The van der Waals surface area contributed by atoms with Gasteiger partial charge in [0.1, 0.15) is 5.75 Å². The van der Waals surface area contributed by atoms with E-state index in [-0.39, 0.29) is 0 Å². The van der Waals surface area contributed by atoms with Crippen molar-refractivity contribution in [3.05, 3.63) is 52.1 Å². The van der Waals surface area contributed by atoms with Gasteiger partial charge >= 0.3 is 0 Å². The van der Waals surface area contributed by atoms with E-state index in [0.717, 1.165) is 11.3 Å². The summed E-state index contributed by atoms with van der Waals surface area (Å²) in [7, 11) is 0. The van der Waals surface area contributed by atoms with Crippen LogP contribution in [0.25, 0.3) is 0 Å². The number of nitrogens with one attached hydrogen (secondary N) is 1. The molecule has 0 spiro atoms. The first-order valence-electron chi connectivity index (χ1n) is 6.02. The van der Waals surface area contributed by atoms with E-state index >= 15 is 0 Å². The number of halogens is 2. The number of nitrogens with zero attached hydrogens (tertiary/aromatic N) is 2. The molecule has 1 aromatic heterocycles. The maximum atomic E-state index is 5.98. The molecule has 2 aromatic rings. The Bertz CT molecular complexity index is 617. The molecule has 0 bridgehead atoms. The van der Waals surface area contributed by atoms with E-state index in [1.807, 2.05) is 31.2 Å². The van der Waals surface area contributed by atoms with Gasteiger partial charge in [0.25, 0.3) is 0 Å². The maximum absolute atomic E-state index is 5.98. The summed E-state index contributed by atoms with van der Waals surface area (Å²) in [5.41, 5.74) is 3.64. The third-order valence-corrected chi connectivity index (χ3v) is 2.90. The van der Waals surface area contributed by atoms with Gasteiger partial charge in [-0.1, -0.05) is 35.3 Å². The fraction of sp³-hybridized carbons (Fsp3) is 0.143. The molecule has 0 fully saturated rings. The third kappa shape index (κ3) is 3.85. The third-order valence-electron chi connectivity index (χ3n) is 2.40. The summed E-state index contributed by atoms with van der Waals surface area (Å²) in [6, 6.07) is 9.22. The van der Waals surface area contributed by atoms with Crippen LogP contribution in [-0.2, 0) is 0 Å². The van der Waals surface area contributed by atoms with Crippen molar-refractivity contribution in [2.45, 2.75) is 6.92 Å². The lowest BCUT2D eigenvalue weighted by Gasteiger charge is -2.06. The number of anilines is 1. The van der Waals surface area contributed by atoms with Crippen LogP contribution in [0, 0.1) is 0 Å². The molecule has 20 heavy (non-hydrogen) atoms. The van der Waals surface area contributed by atoms with Crippen LogP contribution in [0.5, 0.6) is 5.75 Å². The molecule has 0 saturated heterocycles. The fourth-order valence-corrected chi connectivity index (χ4v) is 1.96. The summed E-state index contributed by atoms with van der Waals surface area (Å²) in [5.74, 6) is 1.22. The van der Waals surface area contributed by atoms with Gasteiger partial charge in [0, 0.05) is 11.8 Å². The highest BCUT2D eigenvalue weighted by atomic mass is 35.5. The molecule has 4 nitrogen and oxygen atoms in total. The molecule has 0 aliphatic rings. The minimum atomic E-state index is 0.410. The second-order valence-electron chi connectivity index (χ2n) is 3.82. The minimum absolute atomic E-state index is 0.410. The lowest BCUT2D eigenvalue weighted by Crippen LogP contribution is -1.98. The number of aromatic nitrogens is 1. The molecule has 0 aliphatic carbocycles. The maximum Gasteiger partial charge on any atom is 0.165 e. The topological polar surface area (TPSA) is 46.5 Å². The minimum Gasteiger partial charge on any atom is -0.493 e. The van der Waals surface area contributed by atoms with E-state index in [2.05, 4.69) is 15.5 Å². The number of hydrogen-bond donors (Lipinski definition) is 1. The Morgan fingerprint density at radius 1 is 1.35 bits per heavy atom. The second-order valence-corrected chi connectivity index (χ2v) is 4.67. The van der Waals surface area contributed by atoms with Gasteiger partial charge in [-0.2, -0.15) is 5.10 Å². The highest BCUT2D eigenvalue weighted by Gasteiger charge is 2.02. The summed E-state index contributed by atoms with van der Waals surface area (Å²) >= 11 is 11.8. The molecule has 0 amide bonds. The smallest absolute Gasteiger partial charge is 0.165 e. The number of para-hydroxylation sites is 1. The first-order valence-corrected chi connectivity index (χ1v) is 6.78. The summed E-state index contributed by atoms with van der Waals surface area (Å²) in [5, 5.41) is 4.99. The number of pyridine rings is 1. The van der Waals surface area contributed by atoms with Crippen molar-refractivity contribution in [3.8, 4) is 5.75 Å². The van der Waals surface area contributed by atoms with E-state index < -0.39 is 0 Å². The molecule has 0 unspecified atom stereocenters. The molecule has 1 heterocycles. The summed E-state index contributed by atoms with van der Waals surface area (Å²) in [4.78, 5) is 4.05. The number of ether oxygens (including phenoxy) is 1. The monoisotopic (exact) mass is 309 g/mol. The van der Waals surface area contributed by atoms with Gasteiger partial charge < -0.3 is 4.74 Å². The summed E-state index contributed by atoms with van der Waals surface area (Å²) in [6.45, 7) is 2.53. The SMILES string of the molecule is CCOc1ccccc1/C=N\Nc1ncc(Cl)cc1Cl. The van der Waals surface area contributed by atoms with Gasteiger partial charge in [0.15, 0.2) is 5.82 Å². The van der Waals surface area contributed by atoms with E-state index in [0.29, 0.717) is 22.5 Å². The van der Waals surface area contributed by atoms with Crippen molar-refractivity contribution >= 4 is 35.2 Å². The Morgan fingerprint density at radius 3 is 2.90 bits per heavy atom. The molecule has 2 rings (SSSR count). The van der Waals surface area contributed by atoms with E-state index in [9.17, 15) is 0 Å². The second kappa shape index (κ2) is 7.12. The van der Waals surface area contributed by atoms with E-state index in [4.69, 9.17) is 27.9 Å². The van der Waals surface area contributed by atoms with Crippen LogP contribution >= 0.6 is 23.2 Å². The highest BCUT2D eigenvalue weighted by Crippen LogP contribution is 2.22. The van der Waals surface area contributed by atoms with E-state index in [1.54, 1.807) is 12.3 Å². The normalized spacial score (nSPS) is 10.8. The Kier molecular flexibility index (Phi) is 5.21. The fourth-order valence-electron chi connectivity index (χ4n) is 1.53. The zero-order valence-electron chi connectivity index (χ0n) is 10.8. The van der Waals surface area contributed by atoms with Crippen LogP contribution in [0.1, 0.15) is 12.5 Å². The predicted molar refractivity (Wildman–Crippen MR) is 83.1 cm³/mol. The molecule has 1 aromatic carbocycles. The van der Waals surface area contributed by atoms with Crippen molar-refractivity contribution < 1.29 is 4.74 Å². The van der Waals surface area contributed by atoms with Crippen LogP contribution in [-0.4, -0.2) is 17.8 Å². The molecule has 6 heteroatoms. The zero-order valence-corrected chi connectivity index (χ0v) is 12.3. The Balaban J connectivity index is 2.10. The molecule has 0 saturated carbocycles. The standard InChI is InChI=1S/C14H13Cl2N3O/c1-2-20-13-6-4-3-5-10(13)8-18-19-14-12(16)7-11(15)9-17-14/h3-9H,2H2,1H3,(H,17,19)/b18-8-. The van der Waals surface area contributed by atoms with Gasteiger partial charge in [0.2, 0.25) is 0 Å². The van der Waals surface area contributed by atoms with Crippen LogP contribution in [0.15, 0.2) is 41.6 Å². The van der Waals surface area contributed by atoms with Crippen molar-refractivity contribution in [1.29, 1.82) is 0 Å². The predicted octanol–water partition coefficient (Wildman–Crippen LogP) is 4.23. The van der Waals surface area contributed by atoms with Gasteiger partial charge in [-0.25, -0.2) is 4.98 Å². The molecule has 0 radical (unpaired) electrons. The number of hydrogen-bond acceptors (Lipinski definition) is 4. The van der Waals surface area contributed by atoms with Crippen molar-refractivity contribution in [2.24, 2.45) is 5.10 Å². The van der Waals surface area contributed by atoms with Gasteiger partial charge in [-0.15, -0.1) is 0 Å². The van der Waals surface area contributed by atoms with Gasteiger partial charge in [-0.3, -0.25) is 5.43 Å². The molecule has 0 atom stereocenters. The Morgan fingerprint density at radius 2 is 2.15 bits per heavy atom. The quantitative estimate of drug-likeness (QED) is 0.664. The first-order chi connectivity index (χ1) is 9.70. The van der Waals surface area contributed by atoms with Crippen LogP contribution in [0.4, 0.5) is 5.82 Å². The zero-order chi connectivity index (χ0) is 14.4. The average Bonchev–Trinajstić information content (AvgIpc) is 2.43. The van der Waals surface area contributed by atoms with Gasteiger partial charge in [0.05, 0.1) is 22.9 Å². The van der Waals surface area contributed by atoms with Crippen LogP contribution in [0.2, 0.25) is 10.0 Å². The van der Waals surface area contributed by atoms with Crippen molar-refractivity contribution in [3.63, 3.8) is 0 Å². The average molecular weight is 310 g/mol. The lowest BCUT2D eigenvalue weighted by atomic mass is 10.2. The summed E-state index contributed by atoms with van der Waals surface area (Å²) < 4.78 is 5.50. The lowest BCUT2D eigenvalue weighted by molar-refractivity contribution is 0.340. The van der Waals surface area contributed by atoms with Crippen molar-refractivity contribution in [1.82, 2.24) is 4.98 Å². The Labute approximate surface area is 127 Å². The molecule has 0 aliphatic heterocycles. The Hall–Kier alpha value is -1.78. The number of rotatable bonds is 5. The highest BCUT2D eigenvalue weighted by molar-refractivity contribution is 6.35. The van der Waals surface area contributed by atoms with Crippen molar-refractivity contribution in [2.75, 3.05) is 12.0 Å².